The summed E-state index contributed by atoms with van der Waals surface area (Å²) in [7, 11) is 0. The lowest BCUT2D eigenvalue weighted by Crippen LogP contribution is -2.41. The zero-order valence-corrected chi connectivity index (χ0v) is 18.6. The summed E-state index contributed by atoms with van der Waals surface area (Å²) in [5.74, 6) is 1.85. The third-order valence-corrected chi connectivity index (χ3v) is 7.13. The second-order valence-corrected chi connectivity index (χ2v) is 9.43. The molecule has 0 saturated carbocycles. The fourth-order valence-corrected chi connectivity index (χ4v) is 5.26. The van der Waals surface area contributed by atoms with Crippen LogP contribution in [0.5, 0.6) is 0 Å². The van der Waals surface area contributed by atoms with Crippen molar-refractivity contribution in [2.24, 2.45) is 0 Å². The van der Waals surface area contributed by atoms with Gasteiger partial charge >= 0.3 is 0 Å². The topological polar surface area (TPSA) is 44.3 Å². The first kappa shape index (κ1) is 19.1. The van der Waals surface area contributed by atoms with Crippen LogP contribution in [0.3, 0.4) is 0 Å². The molecule has 1 saturated heterocycles. The Morgan fingerprint density at radius 3 is 2.60 bits per heavy atom. The Morgan fingerprint density at radius 1 is 1.10 bits per heavy atom. The van der Waals surface area contributed by atoms with Crippen LogP contribution in [-0.4, -0.2) is 29.1 Å². The Morgan fingerprint density at radius 2 is 1.90 bits per heavy atom. The van der Waals surface area contributed by atoms with Crippen LogP contribution in [0.2, 0.25) is 0 Å². The SMILES string of the molecule is C=C(Nc1nc(C)c(C)s1)N1c2nc(-c3cccc(C)c3)ccc2N2CCC1CC2. The van der Waals surface area contributed by atoms with Crippen LogP contribution in [-0.2, 0) is 0 Å². The first-order chi connectivity index (χ1) is 14.5. The number of nitrogens with zero attached hydrogens (tertiary/aromatic N) is 4. The van der Waals surface area contributed by atoms with Gasteiger partial charge in [0, 0.05) is 29.6 Å². The van der Waals surface area contributed by atoms with Crippen molar-refractivity contribution in [1.82, 2.24) is 9.97 Å². The van der Waals surface area contributed by atoms with Crippen LogP contribution < -0.4 is 15.1 Å². The molecule has 5 heterocycles. The number of aromatic nitrogens is 2. The Bertz CT molecular complexity index is 1090. The van der Waals surface area contributed by atoms with E-state index in [1.54, 1.807) is 11.3 Å². The maximum atomic E-state index is 5.16. The van der Waals surface area contributed by atoms with Gasteiger partial charge in [0.15, 0.2) is 10.9 Å². The molecule has 0 aliphatic carbocycles. The molecule has 6 heteroatoms. The van der Waals surface area contributed by atoms with Crippen LogP contribution in [0.25, 0.3) is 11.3 Å². The molecule has 0 spiro atoms. The van der Waals surface area contributed by atoms with Crippen LogP contribution in [0.15, 0.2) is 48.8 Å². The number of benzene rings is 1. The Balaban J connectivity index is 1.56. The standard InChI is InChI=1S/C24H27N5S/c1-15-6-5-7-19(14-15)21-8-9-22-23(27-21)29(20-10-12-28(22)13-11-20)18(4)26-24-25-16(2)17(3)30-24/h5-9,14,20H,4,10-13H2,1-3H3,(H,25,26). The molecule has 6 rings (SSSR count). The van der Waals surface area contributed by atoms with Gasteiger partial charge in [-0.1, -0.05) is 30.3 Å². The van der Waals surface area contributed by atoms with E-state index in [1.807, 2.05) is 6.92 Å². The molecule has 154 valence electrons. The molecule has 0 atom stereocenters. The smallest absolute Gasteiger partial charge is 0.188 e. The van der Waals surface area contributed by atoms with Crippen molar-refractivity contribution in [2.75, 3.05) is 28.2 Å². The maximum Gasteiger partial charge on any atom is 0.188 e. The maximum absolute atomic E-state index is 5.16. The van der Waals surface area contributed by atoms with Crippen molar-refractivity contribution in [3.05, 3.63) is 64.9 Å². The van der Waals surface area contributed by atoms with Crippen molar-refractivity contribution < 1.29 is 0 Å². The lowest BCUT2D eigenvalue weighted by Gasteiger charge is -2.34. The molecule has 1 aromatic carbocycles. The number of aryl methyl sites for hydroxylation is 3. The van der Waals surface area contributed by atoms with Gasteiger partial charge in [-0.3, -0.25) is 0 Å². The van der Waals surface area contributed by atoms with E-state index in [0.29, 0.717) is 6.04 Å². The molecule has 5 nitrogen and oxygen atoms in total. The molecule has 3 aromatic rings. The summed E-state index contributed by atoms with van der Waals surface area (Å²) >= 11 is 1.67. The van der Waals surface area contributed by atoms with Gasteiger partial charge in [-0.2, -0.15) is 0 Å². The Hall–Kier alpha value is -2.86. The summed E-state index contributed by atoms with van der Waals surface area (Å²) in [6, 6.07) is 13.3. The van der Waals surface area contributed by atoms with Gasteiger partial charge in [0.1, 0.15) is 5.82 Å². The molecule has 3 aliphatic rings. The van der Waals surface area contributed by atoms with Crippen LogP contribution >= 0.6 is 11.3 Å². The zero-order chi connectivity index (χ0) is 20.8. The van der Waals surface area contributed by atoms with E-state index < -0.39 is 0 Å². The molecular weight excluding hydrogens is 390 g/mol. The summed E-state index contributed by atoms with van der Waals surface area (Å²) < 4.78 is 0. The number of hydrogen-bond donors (Lipinski definition) is 1. The number of rotatable bonds is 4. The lowest BCUT2D eigenvalue weighted by molar-refractivity contribution is 0.500. The molecule has 2 bridgehead atoms. The molecule has 1 fully saturated rings. The van der Waals surface area contributed by atoms with Gasteiger partial charge < -0.3 is 15.1 Å². The number of piperidine rings is 1. The number of fused-ring (bicyclic) bond motifs is 2. The summed E-state index contributed by atoms with van der Waals surface area (Å²) in [6.45, 7) is 12.8. The van der Waals surface area contributed by atoms with Crippen molar-refractivity contribution in [3.63, 3.8) is 0 Å². The second kappa shape index (κ2) is 7.43. The highest BCUT2D eigenvalue weighted by Gasteiger charge is 2.35. The molecule has 3 aliphatic heterocycles. The molecule has 1 N–H and O–H groups in total. The third kappa shape index (κ3) is 3.35. The minimum absolute atomic E-state index is 0.393. The van der Waals surface area contributed by atoms with Crippen molar-refractivity contribution in [3.8, 4) is 11.3 Å². The second-order valence-electron chi connectivity index (χ2n) is 8.23. The van der Waals surface area contributed by atoms with E-state index in [4.69, 9.17) is 4.98 Å². The Kier molecular flexibility index (Phi) is 4.74. The zero-order valence-electron chi connectivity index (χ0n) is 17.8. The summed E-state index contributed by atoms with van der Waals surface area (Å²) in [6.07, 6.45) is 2.21. The minimum Gasteiger partial charge on any atom is -0.368 e. The fourth-order valence-electron chi connectivity index (χ4n) is 4.43. The summed E-state index contributed by atoms with van der Waals surface area (Å²) in [4.78, 5) is 15.8. The van der Waals surface area contributed by atoms with Gasteiger partial charge in [0.2, 0.25) is 0 Å². The first-order valence-corrected chi connectivity index (χ1v) is 11.3. The molecular formula is C24H27N5S. The van der Waals surface area contributed by atoms with E-state index in [9.17, 15) is 0 Å². The monoisotopic (exact) mass is 417 g/mol. The minimum atomic E-state index is 0.393. The average Bonchev–Trinajstić information content (AvgIpc) is 2.90. The van der Waals surface area contributed by atoms with Gasteiger partial charge in [-0.25, -0.2) is 9.97 Å². The summed E-state index contributed by atoms with van der Waals surface area (Å²) in [5, 5.41) is 4.37. The molecule has 30 heavy (non-hydrogen) atoms. The van der Waals surface area contributed by atoms with Gasteiger partial charge in [0.05, 0.1) is 17.1 Å². The van der Waals surface area contributed by atoms with Crippen molar-refractivity contribution in [1.29, 1.82) is 0 Å². The van der Waals surface area contributed by atoms with E-state index >= 15 is 0 Å². The number of anilines is 3. The van der Waals surface area contributed by atoms with Crippen molar-refractivity contribution in [2.45, 2.75) is 39.7 Å². The van der Waals surface area contributed by atoms with Gasteiger partial charge in [0.25, 0.3) is 0 Å². The molecule has 0 amide bonds. The summed E-state index contributed by atoms with van der Waals surface area (Å²) in [5.41, 5.74) is 5.65. The number of pyridine rings is 1. The number of thiazole rings is 1. The molecule has 0 unspecified atom stereocenters. The van der Waals surface area contributed by atoms with E-state index in [2.05, 4.69) is 76.9 Å². The van der Waals surface area contributed by atoms with E-state index in [1.165, 1.54) is 16.1 Å². The average molecular weight is 418 g/mol. The highest BCUT2D eigenvalue weighted by molar-refractivity contribution is 7.15. The van der Waals surface area contributed by atoms with E-state index in [0.717, 1.165) is 59.7 Å². The van der Waals surface area contributed by atoms with Gasteiger partial charge in [-0.15, -0.1) is 11.3 Å². The highest BCUT2D eigenvalue weighted by Crippen LogP contribution is 2.41. The quantitative estimate of drug-likeness (QED) is 0.607. The molecule has 0 radical (unpaired) electrons. The van der Waals surface area contributed by atoms with Crippen LogP contribution in [0, 0.1) is 20.8 Å². The van der Waals surface area contributed by atoms with Crippen LogP contribution in [0.4, 0.5) is 16.6 Å². The predicted octanol–water partition coefficient (Wildman–Crippen LogP) is 5.50. The largest absolute Gasteiger partial charge is 0.368 e. The fraction of sp³-hybridized carbons (Fsp3) is 0.333. The van der Waals surface area contributed by atoms with Crippen molar-refractivity contribution >= 4 is 28.0 Å². The molecule has 2 aromatic heterocycles. The Labute approximate surface area is 182 Å². The lowest BCUT2D eigenvalue weighted by atomic mass is 10.1. The number of hydrogen-bond acceptors (Lipinski definition) is 6. The van der Waals surface area contributed by atoms with E-state index in [-0.39, 0.29) is 0 Å². The first-order valence-electron chi connectivity index (χ1n) is 10.5. The predicted molar refractivity (Wildman–Crippen MR) is 126 cm³/mol. The normalized spacial score (nSPS) is 15.8. The van der Waals surface area contributed by atoms with Gasteiger partial charge in [-0.05, 0) is 51.8 Å². The highest BCUT2D eigenvalue weighted by atomic mass is 32.1. The third-order valence-electron chi connectivity index (χ3n) is 6.14. The number of nitrogens with one attached hydrogen (secondary N) is 1. The van der Waals surface area contributed by atoms with Crippen LogP contribution in [0.1, 0.15) is 29.0 Å².